The number of carboxylic acids is 1. The lowest BCUT2D eigenvalue weighted by Gasteiger charge is -2.35. The van der Waals surface area contributed by atoms with Crippen LogP contribution in [-0.2, 0) is 4.79 Å². The maximum absolute atomic E-state index is 12.3. The fourth-order valence-corrected chi connectivity index (χ4v) is 2.73. The third-order valence-corrected chi connectivity index (χ3v) is 4.06. The molecule has 2 amide bonds. The highest BCUT2D eigenvalue weighted by Crippen LogP contribution is 2.17. The number of rotatable bonds is 2. The summed E-state index contributed by atoms with van der Waals surface area (Å²) in [6, 6.07) is -0.964. The quantitative estimate of drug-likeness (QED) is 0.757. The van der Waals surface area contributed by atoms with Crippen LogP contribution >= 0.6 is 0 Å². The molecule has 0 aliphatic carbocycles. The molecule has 2 rings (SSSR count). The first-order valence-corrected chi connectivity index (χ1v) is 7.31. The zero-order valence-electron chi connectivity index (χ0n) is 12.0. The molecule has 0 saturated carbocycles. The average molecular weight is 284 g/mol. The average Bonchev–Trinajstić information content (AvgIpc) is 2.67. The molecule has 2 aliphatic heterocycles. The number of hydrazine groups is 1. The maximum atomic E-state index is 12.3. The van der Waals surface area contributed by atoms with E-state index in [1.54, 1.807) is 0 Å². The van der Waals surface area contributed by atoms with Gasteiger partial charge in [0.15, 0.2) is 0 Å². The van der Waals surface area contributed by atoms with Gasteiger partial charge in [0.2, 0.25) is 0 Å². The zero-order valence-corrected chi connectivity index (χ0v) is 12.0. The van der Waals surface area contributed by atoms with Crippen molar-refractivity contribution in [2.45, 2.75) is 31.7 Å². The van der Waals surface area contributed by atoms with Gasteiger partial charge in [0.1, 0.15) is 6.04 Å². The number of amides is 2. The van der Waals surface area contributed by atoms with Gasteiger partial charge in [-0.15, -0.1) is 0 Å². The smallest absolute Gasteiger partial charge is 0.332 e. The van der Waals surface area contributed by atoms with E-state index in [2.05, 4.69) is 17.4 Å². The molecule has 7 nitrogen and oxygen atoms in total. The van der Waals surface area contributed by atoms with E-state index in [1.165, 1.54) is 4.90 Å². The molecule has 2 fully saturated rings. The van der Waals surface area contributed by atoms with Crippen LogP contribution in [0.25, 0.3) is 0 Å². The van der Waals surface area contributed by atoms with Gasteiger partial charge < -0.3 is 14.9 Å². The van der Waals surface area contributed by atoms with Crippen LogP contribution in [0.2, 0.25) is 0 Å². The fraction of sp³-hybridized carbons (Fsp3) is 0.846. The van der Waals surface area contributed by atoms with Gasteiger partial charge in [0.25, 0.3) is 0 Å². The lowest BCUT2D eigenvalue weighted by molar-refractivity contribution is -0.142. The minimum absolute atomic E-state index is 0.274. The number of hydrogen-bond acceptors (Lipinski definition) is 4. The van der Waals surface area contributed by atoms with Gasteiger partial charge in [-0.3, -0.25) is 5.43 Å². The molecule has 0 aromatic rings. The molecule has 0 bridgehead atoms. The van der Waals surface area contributed by atoms with Crippen molar-refractivity contribution in [1.29, 1.82) is 0 Å². The Morgan fingerprint density at radius 3 is 2.40 bits per heavy atom. The van der Waals surface area contributed by atoms with E-state index in [0.29, 0.717) is 13.0 Å². The number of piperazine rings is 1. The summed E-state index contributed by atoms with van der Waals surface area (Å²) in [4.78, 5) is 27.3. The minimum Gasteiger partial charge on any atom is -0.480 e. The molecule has 0 spiro atoms. The Labute approximate surface area is 119 Å². The molecule has 7 heteroatoms. The summed E-state index contributed by atoms with van der Waals surface area (Å²) in [5.74, 6) is -0.902. The van der Waals surface area contributed by atoms with Crippen molar-refractivity contribution in [1.82, 2.24) is 20.2 Å². The van der Waals surface area contributed by atoms with Crippen LogP contribution in [0.5, 0.6) is 0 Å². The number of hydrogen-bond donors (Lipinski definition) is 2. The van der Waals surface area contributed by atoms with Crippen LogP contribution in [0.4, 0.5) is 4.79 Å². The highest BCUT2D eigenvalue weighted by Gasteiger charge is 2.31. The summed E-state index contributed by atoms with van der Waals surface area (Å²) in [6.07, 6.45) is 3.28. The molecule has 114 valence electrons. The van der Waals surface area contributed by atoms with E-state index in [9.17, 15) is 14.7 Å². The predicted octanol–water partition coefficient (Wildman–Crippen LogP) is 0.188. The highest BCUT2D eigenvalue weighted by atomic mass is 16.4. The van der Waals surface area contributed by atoms with E-state index < -0.39 is 12.0 Å². The Morgan fingerprint density at radius 1 is 1.05 bits per heavy atom. The van der Waals surface area contributed by atoms with Crippen molar-refractivity contribution in [3.8, 4) is 0 Å². The summed E-state index contributed by atoms with van der Waals surface area (Å²) in [6.45, 7) is 3.88. The Balaban J connectivity index is 1.93. The largest absolute Gasteiger partial charge is 0.480 e. The molecule has 1 atom stereocenters. The van der Waals surface area contributed by atoms with E-state index in [4.69, 9.17) is 0 Å². The molecule has 2 heterocycles. The normalized spacial score (nSPS) is 26.1. The number of aliphatic carboxylic acids is 1. The second-order valence-electron chi connectivity index (χ2n) is 5.60. The number of carboxylic acid groups (broad SMARTS) is 1. The summed E-state index contributed by atoms with van der Waals surface area (Å²) in [5, 5.41) is 11.2. The summed E-state index contributed by atoms with van der Waals surface area (Å²) >= 11 is 0. The number of likely N-dealkylation sites (N-methyl/N-ethyl adjacent to an activating group) is 1. The number of likely N-dealkylation sites (tertiary alicyclic amines) is 1. The summed E-state index contributed by atoms with van der Waals surface area (Å²) < 4.78 is 0. The van der Waals surface area contributed by atoms with Crippen molar-refractivity contribution in [3.63, 3.8) is 0 Å². The number of carbonyl (C=O) groups excluding carboxylic acids is 1. The summed E-state index contributed by atoms with van der Waals surface area (Å²) in [5.41, 5.74) is 2.85. The standard InChI is InChI=1S/C13H24N4O3/c1-15-7-9-16(10-8-15)14-13(20)17-6-4-2-3-5-11(17)12(18)19/h11H,2-10H2,1H3,(H,14,20)(H,18,19). The minimum atomic E-state index is -0.902. The third kappa shape index (κ3) is 3.83. The van der Waals surface area contributed by atoms with Gasteiger partial charge in [-0.1, -0.05) is 12.8 Å². The van der Waals surface area contributed by atoms with Crippen LogP contribution in [0.1, 0.15) is 25.7 Å². The number of nitrogens with one attached hydrogen (secondary N) is 1. The lowest BCUT2D eigenvalue weighted by atomic mass is 10.1. The van der Waals surface area contributed by atoms with Gasteiger partial charge in [-0.2, -0.15) is 0 Å². The Bertz CT molecular complexity index is 356. The van der Waals surface area contributed by atoms with E-state index >= 15 is 0 Å². The van der Waals surface area contributed by atoms with Gasteiger partial charge >= 0.3 is 12.0 Å². The molecule has 0 aromatic carbocycles. The Hall–Kier alpha value is -1.34. The second-order valence-corrected chi connectivity index (χ2v) is 5.60. The number of carbonyl (C=O) groups is 2. The van der Waals surface area contributed by atoms with Gasteiger partial charge in [-0.25, -0.2) is 14.6 Å². The van der Waals surface area contributed by atoms with Crippen LogP contribution in [0.15, 0.2) is 0 Å². The number of urea groups is 1. The molecule has 2 saturated heterocycles. The fourth-order valence-electron chi connectivity index (χ4n) is 2.73. The number of nitrogens with zero attached hydrogens (tertiary/aromatic N) is 3. The maximum Gasteiger partial charge on any atom is 0.332 e. The molecule has 0 aromatic heterocycles. The molecule has 1 unspecified atom stereocenters. The van der Waals surface area contributed by atoms with Crippen molar-refractivity contribution < 1.29 is 14.7 Å². The second kappa shape index (κ2) is 6.90. The van der Waals surface area contributed by atoms with Gasteiger partial charge in [0, 0.05) is 32.7 Å². The Morgan fingerprint density at radius 2 is 1.75 bits per heavy atom. The first-order chi connectivity index (χ1) is 9.58. The SMILES string of the molecule is CN1CCN(NC(=O)N2CCCCCC2C(=O)O)CC1. The van der Waals surface area contributed by atoms with Crippen molar-refractivity contribution in [2.24, 2.45) is 0 Å². The van der Waals surface area contributed by atoms with E-state index in [-0.39, 0.29) is 6.03 Å². The highest BCUT2D eigenvalue weighted by molar-refractivity contribution is 5.82. The van der Waals surface area contributed by atoms with Crippen molar-refractivity contribution >= 4 is 12.0 Å². The molecular weight excluding hydrogens is 260 g/mol. The first kappa shape index (κ1) is 15.1. The monoisotopic (exact) mass is 284 g/mol. The van der Waals surface area contributed by atoms with Crippen molar-refractivity contribution in [2.75, 3.05) is 39.8 Å². The molecule has 2 N–H and O–H groups in total. The van der Waals surface area contributed by atoms with Gasteiger partial charge in [0.05, 0.1) is 0 Å². The molecule has 2 aliphatic rings. The van der Waals surface area contributed by atoms with Crippen molar-refractivity contribution in [3.05, 3.63) is 0 Å². The Kier molecular flexibility index (Phi) is 5.19. The molecule has 20 heavy (non-hydrogen) atoms. The summed E-state index contributed by atoms with van der Waals surface area (Å²) in [7, 11) is 2.05. The van der Waals surface area contributed by atoms with Crippen LogP contribution in [-0.4, -0.2) is 77.7 Å². The molecule has 0 radical (unpaired) electrons. The van der Waals surface area contributed by atoms with E-state index in [1.807, 2.05) is 5.01 Å². The van der Waals surface area contributed by atoms with Crippen LogP contribution in [0, 0.1) is 0 Å². The van der Waals surface area contributed by atoms with Crippen LogP contribution < -0.4 is 5.43 Å². The van der Waals surface area contributed by atoms with Crippen LogP contribution in [0.3, 0.4) is 0 Å². The first-order valence-electron chi connectivity index (χ1n) is 7.31. The predicted molar refractivity (Wildman–Crippen MR) is 74.2 cm³/mol. The third-order valence-electron chi connectivity index (χ3n) is 4.06. The van der Waals surface area contributed by atoms with E-state index in [0.717, 1.165) is 45.4 Å². The zero-order chi connectivity index (χ0) is 14.5. The lowest BCUT2D eigenvalue weighted by Crippen LogP contribution is -2.58. The molecular formula is C13H24N4O3. The topological polar surface area (TPSA) is 76.1 Å². The van der Waals surface area contributed by atoms with Gasteiger partial charge in [-0.05, 0) is 19.9 Å².